The SMILES string of the molecule is COc1ccc(-c2cc(C(=O)OCC(=O)Nc3cccc(C)c3C)c3ccccc3n2)cc1OC. The molecule has 0 atom stereocenters. The molecule has 1 amide bonds. The highest BCUT2D eigenvalue weighted by molar-refractivity contribution is 6.05. The quantitative estimate of drug-likeness (QED) is 0.367. The van der Waals surface area contributed by atoms with E-state index in [1.807, 2.05) is 56.3 Å². The molecule has 0 saturated carbocycles. The van der Waals surface area contributed by atoms with Gasteiger partial charge in [0.15, 0.2) is 18.1 Å². The number of esters is 1. The fourth-order valence-corrected chi connectivity index (χ4v) is 3.77. The summed E-state index contributed by atoms with van der Waals surface area (Å²) < 4.78 is 16.1. The van der Waals surface area contributed by atoms with Crippen LogP contribution in [-0.2, 0) is 9.53 Å². The lowest BCUT2D eigenvalue weighted by molar-refractivity contribution is -0.119. The predicted octanol–water partition coefficient (Wildman–Crippen LogP) is 5.33. The van der Waals surface area contributed by atoms with Crippen molar-refractivity contribution >= 4 is 28.5 Å². The lowest BCUT2D eigenvalue weighted by Crippen LogP contribution is -2.21. The molecule has 1 N–H and O–H groups in total. The van der Waals surface area contributed by atoms with Gasteiger partial charge >= 0.3 is 5.97 Å². The van der Waals surface area contributed by atoms with E-state index in [9.17, 15) is 9.59 Å². The number of hydrogen-bond donors (Lipinski definition) is 1. The highest BCUT2D eigenvalue weighted by Crippen LogP contribution is 2.33. The average Bonchev–Trinajstić information content (AvgIpc) is 2.88. The summed E-state index contributed by atoms with van der Waals surface area (Å²) in [6, 6.07) is 20.0. The van der Waals surface area contributed by atoms with Gasteiger partial charge in [-0.1, -0.05) is 30.3 Å². The number of rotatable bonds is 7. The Hall–Kier alpha value is -4.39. The molecule has 0 aliphatic carbocycles. The van der Waals surface area contributed by atoms with Gasteiger partial charge in [0.2, 0.25) is 0 Å². The van der Waals surface area contributed by atoms with Gasteiger partial charge in [-0.05, 0) is 61.4 Å². The van der Waals surface area contributed by atoms with E-state index in [1.165, 1.54) is 0 Å². The summed E-state index contributed by atoms with van der Waals surface area (Å²) in [5.74, 6) is 0.116. The third-order valence-corrected chi connectivity index (χ3v) is 5.83. The molecule has 0 radical (unpaired) electrons. The van der Waals surface area contributed by atoms with Gasteiger partial charge in [-0.3, -0.25) is 4.79 Å². The highest BCUT2D eigenvalue weighted by atomic mass is 16.5. The van der Waals surface area contributed by atoms with E-state index in [4.69, 9.17) is 19.2 Å². The van der Waals surface area contributed by atoms with Gasteiger partial charge in [-0.2, -0.15) is 0 Å². The minimum absolute atomic E-state index is 0.319. The van der Waals surface area contributed by atoms with E-state index in [-0.39, 0.29) is 0 Å². The number of anilines is 1. The van der Waals surface area contributed by atoms with Crippen molar-refractivity contribution in [2.45, 2.75) is 13.8 Å². The zero-order chi connectivity index (χ0) is 24.9. The lowest BCUT2D eigenvalue weighted by atomic mass is 10.0. The van der Waals surface area contributed by atoms with Crippen LogP contribution in [0.4, 0.5) is 5.69 Å². The summed E-state index contributed by atoms with van der Waals surface area (Å²) in [7, 11) is 3.12. The van der Waals surface area contributed by atoms with Crippen LogP contribution in [0, 0.1) is 13.8 Å². The molecule has 7 nitrogen and oxygen atoms in total. The van der Waals surface area contributed by atoms with E-state index in [2.05, 4.69) is 5.32 Å². The molecule has 3 aromatic carbocycles. The summed E-state index contributed by atoms with van der Waals surface area (Å²) >= 11 is 0. The molecule has 35 heavy (non-hydrogen) atoms. The van der Waals surface area contributed by atoms with Crippen LogP contribution in [0.15, 0.2) is 66.7 Å². The minimum atomic E-state index is -0.610. The Balaban J connectivity index is 1.60. The van der Waals surface area contributed by atoms with E-state index in [1.54, 1.807) is 38.5 Å². The van der Waals surface area contributed by atoms with Crippen molar-refractivity contribution in [2.24, 2.45) is 0 Å². The molecular formula is C28H26N2O5. The summed E-state index contributed by atoms with van der Waals surface area (Å²) in [6.45, 7) is 3.49. The van der Waals surface area contributed by atoms with E-state index < -0.39 is 18.5 Å². The first-order chi connectivity index (χ1) is 16.9. The number of carbonyl (C=O) groups excluding carboxylic acids is 2. The van der Waals surface area contributed by atoms with Gasteiger partial charge < -0.3 is 19.5 Å². The summed E-state index contributed by atoms with van der Waals surface area (Å²) in [5, 5.41) is 3.44. The summed E-state index contributed by atoms with van der Waals surface area (Å²) in [6.07, 6.45) is 0. The number of benzene rings is 3. The topological polar surface area (TPSA) is 86.8 Å². The molecule has 0 spiro atoms. The molecule has 1 heterocycles. The van der Waals surface area contributed by atoms with Crippen LogP contribution in [0.3, 0.4) is 0 Å². The normalized spacial score (nSPS) is 10.6. The number of hydrogen-bond acceptors (Lipinski definition) is 6. The smallest absolute Gasteiger partial charge is 0.339 e. The fraction of sp³-hybridized carbons (Fsp3) is 0.179. The number of ether oxygens (including phenoxy) is 3. The number of amides is 1. The predicted molar refractivity (Wildman–Crippen MR) is 135 cm³/mol. The van der Waals surface area contributed by atoms with Crippen molar-refractivity contribution in [1.82, 2.24) is 4.98 Å². The minimum Gasteiger partial charge on any atom is -0.493 e. The summed E-state index contributed by atoms with van der Waals surface area (Å²) in [5.41, 5.74) is 4.98. The number of carbonyl (C=O) groups is 2. The number of nitrogens with one attached hydrogen (secondary N) is 1. The highest BCUT2D eigenvalue weighted by Gasteiger charge is 2.18. The van der Waals surface area contributed by atoms with Gasteiger partial charge in [-0.15, -0.1) is 0 Å². The third kappa shape index (κ3) is 5.09. The first-order valence-corrected chi connectivity index (χ1v) is 11.1. The number of aromatic nitrogens is 1. The molecule has 0 unspecified atom stereocenters. The zero-order valence-corrected chi connectivity index (χ0v) is 20.0. The standard InChI is InChI=1S/C28H26N2O5/c1-17-8-7-11-22(18(17)2)30-27(31)16-35-28(32)21-15-24(29-23-10-6-5-9-20(21)23)19-12-13-25(33-3)26(14-19)34-4/h5-15H,16H2,1-4H3,(H,30,31). The largest absolute Gasteiger partial charge is 0.493 e. The first-order valence-electron chi connectivity index (χ1n) is 11.1. The number of methoxy groups -OCH3 is 2. The van der Waals surface area contributed by atoms with Crippen LogP contribution < -0.4 is 14.8 Å². The maximum atomic E-state index is 13.1. The Bertz CT molecular complexity index is 1410. The van der Waals surface area contributed by atoms with Crippen molar-refractivity contribution in [1.29, 1.82) is 0 Å². The molecule has 4 rings (SSSR count). The molecule has 0 bridgehead atoms. The molecule has 0 aliphatic heterocycles. The number of fused-ring (bicyclic) bond motifs is 1. The van der Waals surface area contributed by atoms with Crippen LogP contribution in [0.5, 0.6) is 11.5 Å². The molecule has 7 heteroatoms. The molecule has 4 aromatic rings. The van der Waals surface area contributed by atoms with Crippen molar-refractivity contribution in [3.05, 3.63) is 83.4 Å². The molecule has 0 fully saturated rings. The Morgan fingerprint density at radius 3 is 2.43 bits per heavy atom. The molecule has 0 aliphatic rings. The van der Waals surface area contributed by atoms with Crippen molar-refractivity contribution < 1.29 is 23.8 Å². The van der Waals surface area contributed by atoms with E-state index in [0.717, 1.165) is 16.7 Å². The van der Waals surface area contributed by atoms with Crippen molar-refractivity contribution in [2.75, 3.05) is 26.1 Å². The Kier molecular flexibility index (Phi) is 6.96. The Labute approximate surface area is 203 Å². The number of nitrogens with zero attached hydrogens (tertiary/aromatic N) is 1. The second kappa shape index (κ2) is 10.3. The maximum absolute atomic E-state index is 13.1. The average molecular weight is 471 g/mol. The van der Waals surface area contributed by atoms with Crippen LogP contribution in [0.1, 0.15) is 21.5 Å². The van der Waals surface area contributed by atoms with Gasteiger partial charge in [0, 0.05) is 16.6 Å². The van der Waals surface area contributed by atoms with E-state index >= 15 is 0 Å². The number of aryl methyl sites for hydroxylation is 1. The monoisotopic (exact) mass is 470 g/mol. The summed E-state index contributed by atoms with van der Waals surface area (Å²) in [4.78, 5) is 30.2. The van der Waals surface area contributed by atoms with Gasteiger partial charge in [0.1, 0.15) is 0 Å². The third-order valence-electron chi connectivity index (χ3n) is 5.83. The molecular weight excluding hydrogens is 444 g/mol. The second-order valence-corrected chi connectivity index (χ2v) is 8.01. The van der Waals surface area contributed by atoms with Crippen molar-refractivity contribution in [3.8, 4) is 22.8 Å². The van der Waals surface area contributed by atoms with Crippen LogP contribution in [0.2, 0.25) is 0 Å². The molecule has 178 valence electrons. The number of pyridine rings is 1. The molecule has 1 aromatic heterocycles. The van der Waals surface area contributed by atoms with Crippen LogP contribution in [-0.4, -0.2) is 37.7 Å². The van der Waals surface area contributed by atoms with E-state index in [0.29, 0.717) is 39.3 Å². The van der Waals surface area contributed by atoms with Crippen LogP contribution in [0.25, 0.3) is 22.2 Å². The zero-order valence-electron chi connectivity index (χ0n) is 20.0. The maximum Gasteiger partial charge on any atom is 0.339 e. The van der Waals surface area contributed by atoms with Crippen molar-refractivity contribution in [3.63, 3.8) is 0 Å². The lowest BCUT2D eigenvalue weighted by Gasteiger charge is -2.13. The van der Waals surface area contributed by atoms with Crippen LogP contribution >= 0.6 is 0 Å². The Morgan fingerprint density at radius 2 is 1.66 bits per heavy atom. The Morgan fingerprint density at radius 1 is 0.886 bits per heavy atom. The second-order valence-electron chi connectivity index (χ2n) is 8.01. The fourth-order valence-electron chi connectivity index (χ4n) is 3.77. The van der Waals surface area contributed by atoms with Gasteiger partial charge in [0.25, 0.3) is 5.91 Å². The van der Waals surface area contributed by atoms with Gasteiger partial charge in [-0.25, -0.2) is 9.78 Å². The first kappa shape index (κ1) is 23.8. The molecule has 0 saturated heterocycles. The number of para-hydroxylation sites is 1. The van der Waals surface area contributed by atoms with Gasteiger partial charge in [0.05, 0.1) is 31.0 Å².